The van der Waals surface area contributed by atoms with E-state index in [2.05, 4.69) is 430 Å². The fourth-order valence-electron chi connectivity index (χ4n) is 18.4. The van der Waals surface area contributed by atoms with Crippen LogP contribution in [0.2, 0.25) is 0 Å². The van der Waals surface area contributed by atoms with Crippen LogP contribution >= 0.6 is 0 Å². The van der Waals surface area contributed by atoms with Gasteiger partial charge in [0.1, 0.15) is 0 Å². The van der Waals surface area contributed by atoms with Gasteiger partial charge < -0.3 is 0 Å². The molecule has 0 saturated heterocycles. The average Bonchev–Trinajstić information content (AvgIpc) is 0.764. The maximum atomic E-state index is 13.3. The SMILES string of the molecule is CC(C)(C)Cc1cccc(CC(C)(C)C)c1C(C)(C)C.CC(C)(C)c1c(CC(C)(C)C(F)(F)F)cccc1CC(C)(C)C(F)(F)F.CC(C)(C)c1ccccc1.CC(C)Cc1cccc(CC(C)C)c1C(C)(C)C.CC(C)c1cc(-c2ccccc2)cc(C(C)C)c1C(C)(C)C.CC(C)c1cc(C(C)C)c(C(C)(C)C)c(C(C)C)c1.CC(C)c1cccc(C(C)C)c1C(C)(C)C. The Morgan fingerprint density at radius 3 is 0.656 bits per heavy atom. The minimum atomic E-state index is -4.40. The molecule has 0 saturated carbocycles. The Kier molecular flexibility index (Phi) is 44.0. The summed E-state index contributed by atoms with van der Waals surface area (Å²) in [4.78, 5) is 0. The first-order valence-corrected chi connectivity index (χ1v) is 50.0. The van der Waals surface area contributed by atoms with Crippen molar-refractivity contribution in [2.45, 2.75) is 469 Å². The van der Waals surface area contributed by atoms with Crippen molar-refractivity contribution in [1.82, 2.24) is 0 Å². The molecule has 8 aromatic rings. The van der Waals surface area contributed by atoms with Gasteiger partial charge in [-0.25, -0.2) is 0 Å². The topological polar surface area (TPSA) is 0 Å². The lowest BCUT2D eigenvalue weighted by atomic mass is 9.72. The van der Waals surface area contributed by atoms with Crippen molar-refractivity contribution in [2.24, 2.45) is 33.5 Å². The molecular weight excluding hydrogens is 1620 g/mol. The van der Waals surface area contributed by atoms with E-state index in [0.717, 1.165) is 52.4 Å². The van der Waals surface area contributed by atoms with Crippen LogP contribution in [0.25, 0.3) is 11.1 Å². The third-order valence-corrected chi connectivity index (χ3v) is 24.4. The highest BCUT2D eigenvalue weighted by Gasteiger charge is 2.50. The second-order valence-corrected chi connectivity index (χ2v) is 52.1. The van der Waals surface area contributed by atoms with Gasteiger partial charge in [0.05, 0.1) is 10.8 Å². The van der Waals surface area contributed by atoms with Crippen LogP contribution in [0.15, 0.2) is 158 Å². The maximum Gasteiger partial charge on any atom is 0.394 e. The average molecular weight is 1810 g/mol. The van der Waals surface area contributed by atoms with Gasteiger partial charge >= 0.3 is 12.4 Å². The predicted octanol–water partition coefficient (Wildman–Crippen LogP) is 40.3. The van der Waals surface area contributed by atoms with E-state index in [4.69, 9.17) is 0 Å². The third kappa shape index (κ3) is 38.4. The Morgan fingerprint density at radius 2 is 0.435 bits per heavy atom. The Hall–Kier alpha value is -6.66. The standard InChI is InChI=1S/C22H30.C20H28F6.C20H34.C19H32.C18H30.C16H26.C10H14/c1-15(2)19-13-18(17-11-9-8-10-12-17)14-20(16(3)4)21(19)22(5,6)7;1-16(2,3)15-13(11-17(4,5)19(21,22)23)9-8-10-14(15)12-18(6,7)20(24,25)26;1-18(2,3)13-15-11-10-12-16(14-19(4,5)6)17(15)20(7,8)9;1-12(2)15-10-16(13(3)4)18(19(7,8)9)17(11-15)14(5)6;1-13(2)11-15-9-8-10-16(12-14(3)4)17(15)18(5,6)7;1-11(2)13-9-8-10-14(12(3)4)15(13)16(5,6)7;1-10(2,3)9-7-5-4-6-8-9/h8-16H,1-7H3;8-10H,11-12H2,1-7H3;10-12H,13-14H2,1-9H3;10-14H,1-9H3;8-10,13-14H,11-12H2,1-7H3;8-12H,1-7H3;4-8H,1-3H3. The zero-order chi connectivity index (χ0) is 102. The quantitative estimate of drug-likeness (QED) is 0.0751. The highest BCUT2D eigenvalue weighted by molar-refractivity contribution is 5.68. The summed E-state index contributed by atoms with van der Waals surface area (Å²) in [5.74, 6) is 5.51. The van der Waals surface area contributed by atoms with E-state index in [1.54, 1.807) is 62.7 Å². The summed E-state index contributed by atoms with van der Waals surface area (Å²) in [6.07, 6.45) is -4.66. The van der Waals surface area contributed by atoms with E-state index in [1.165, 1.54) is 74.0 Å². The van der Waals surface area contributed by atoms with Gasteiger partial charge in [-0.05, 0) is 263 Å². The largest absolute Gasteiger partial charge is 0.394 e. The first-order chi connectivity index (χ1) is 58.9. The number of hydrogen-bond acceptors (Lipinski definition) is 0. The first-order valence-electron chi connectivity index (χ1n) is 50.0. The highest BCUT2D eigenvalue weighted by atomic mass is 19.4. The summed E-state index contributed by atoms with van der Waals surface area (Å²) in [7, 11) is 0. The molecule has 0 nitrogen and oxygen atoms in total. The molecule has 0 aliphatic carbocycles. The van der Waals surface area contributed by atoms with Gasteiger partial charge in [0, 0.05) is 0 Å². The van der Waals surface area contributed by atoms with Gasteiger partial charge in [0.2, 0.25) is 0 Å². The molecule has 8 aromatic carbocycles. The van der Waals surface area contributed by atoms with Gasteiger partial charge in [0.25, 0.3) is 0 Å². The zero-order valence-electron chi connectivity index (χ0n) is 93.2. The number of hydrogen-bond donors (Lipinski definition) is 0. The Bertz CT molecular complexity index is 4540. The summed E-state index contributed by atoms with van der Waals surface area (Å²) < 4.78 is 80.0. The Labute approximate surface area is 804 Å². The van der Waals surface area contributed by atoms with Crippen molar-refractivity contribution >= 4 is 0 Å². The van der Waals surface area contributed by atoms with Crippen molar-refractivity contribution in [3.8, 4) is 11.1 Å². The highest BCUT2D eigenvalue weighted by Crippen LogP contribution is 2.48. The van der Waals surface area contributed by atoms with Crippen LogP contribution in [0.5, 0.6) is 0 Å². The van der Waals surface area contributed by atoms with Crippen molar-refractivity contribution in [3.05, 3.63) is 269 Å². The fourth-order valence-corrected chi connectivity index (χ4v) is 18.4. The molecule has 8 rings (SSSR count). The summed E-state index contributed by atoms with van der Waals surface area (Å²) in [6, 6.07) is 56.3. The van der Waals surface area contributed by atoms with Crippen molar-refractivity contribution < 1.29 is 26.3 Å². The smallest absolute Gasteiger partial charge is 0.171 e. The summed E-state index contributed by atoms with van der Waals surface area (Å²) >= 11 is 0. The van der Waals surface area contributed by atoms with E-state index in [1.807, 2.05) is 20.8 Å². The molecule has 0 aromatic heterocycles. The first kappa shape index (κ1) is 120. The lowest BCUT2D eigenvalue weighted by molar-refractivity contribution is -0.211. The number of rotatable bonds is 18. The van der Waals surface area contributed by atoms with E-state index in [0.29, 0.717) is 74.4 Å². The molecule has 0 atom stereocenters. The predicted molar refractivity (Wildman–Crippen MR) is 571 cm³/mol. The Morgan fingerprint density at radius 1 is 0.206 bits per heavy atom. The second-order valence-electron chi connectivity index (χ2n) is 52.1. The van der Waals surface area contributed by atoms with Crippen LogP contribution in [-0.4, -0.2) is 12.4 Å². The second kappa shape index (κ2) is 47.9. The Balaban J connectivity index is 0.000000523. The van der Waals surface area contributed by atoms with Gasteiger partial charge in [-0.1, -0.05) is 497 Å². The summed E-state index contributed by atoms with van der Waals surface area (Å²) in [6.45, 7) is 107. The summed E-state index contributed by atoms with van der Waals surface area (Å²) in [5, 5.41) is 0. The molecule has 0 radical (unpaired) electrons. The molecule has 0 N–H and O–H groups in total. The molecule has 0 aliphatic heterocycles. The number of alkyl halides is 6. The monoisotopic (exact) mass is 1810 g/mol. The molecule has 736 valence electrons. The molecule has 0 unspecified atom stereocenters. The van der Waals surface area contributed by atoms with Crippen LogP contribution in [0.1, 0.15) is 492 Å². The van der Waals surface area contributed by atoms with Gasteiger partial charge in [-0.2, -0.15) is 26.3 Å². The minimum absolute atomic E-state index is 0.175. The van der Waals surface area contributed by atoms with E-state index < -0.39 is 28.6 Å². The van der Waals surface area contributed by atoms with E-state index >= 15 is 0 Å². The van der Waals surface area contributed by atoms with E-state index in [-0.39, 0.29) is 39.9 Å². The van der Waals surface area contributed by atoms with Crippen molar-refractivity contribution in [1.29, 1.82) is 0 Å². The third-order valence-electron chi connectivity index (χ3n) is 24.4. The molecule has 0 spiro atoms. The molecule has 6 heteroatoms. The van der Waals surface area contributed by atoms with Gasteiger partial charge in [-0.3, -0.25) is 0 Å². The van der Waals surface area contributed by atoms with Crippen LogP contribution in [-0.2, 0) is 76.4 Å². The fraction of sp³-hybridized carbons (Fsp3) is 0.616. The van der Waals surface area contributed by atoms with Gasteiger partial charge in [-0.15, -0.1) is 0 Å². The number of halogens is 6. The normalized spacial score (nSPS) is 13.0. The minimum Gasteiger partial charge on any atom is -0.171 e. The zero-order valence-corrected chi connectivity index (χ0v) is 93.2. The molecule has 0 amide bonds. The summed E-state index contributed by atoms with van der Waals surface area (Å²) in [5.41, 5.74) is 27.7. The lowest BCUT2D eigenvalue weighted by Crippen LogP contribution is -2.36. The maximum absolute atomic E-state index is 13.3. The van der Waals surface area contributed by atoms with Crippen molar-refractivity contribution in [2.75, 3.05) is 0 Å². The molecular formula is C125H194F6. The van der Waals surface area contributed by atoms with Crippen LogP contribution < -0.4 is 0 Å². The molecule has 0 heterocycles. The van der Waals surface area contributed by atoms with Crippen LogP contribution in [0, 0.1) is 33.5 Å². The lowest BCUT2D eigenvalue weighted by Gasteiger charge is -2.35. The van der Waals surface area contributed by atoms with Crippen LogP contribution in [0.3, 0.4) is 0 Å². The molecule has 0 bridgehead atoms. The van der Waals surface area contributed by atoms with Crippen LogP contribution in [0.4, 0.5) is 26.3 Å². The number of benzene rings is 8. The molecule has 131 heavy (non-hydrogen) atoms. The van der Waals surface area contributed by atoms with E-state index in [9.17, 15) is 26.3 Å². The van der Waals surface area contributed by atoms with Gasteiger partial charge in [0.15, 0.2) is 0 Å². The van der Waals surface area contributed by atoms with Crippen molar-refractivity contribution in [3.63, 3.8) is 0 Å². The molecule has 0 aliphatic rings. The molecule has 0 fully saturated rings.